The predicted octanol–water partition coefficient (Wildman–Crippen LogP) is 3.73. The van der Waals surface area contributed by atoms with Crippen molar-refractivity contribution >= 4 is 69.1 Å². The van der Waals surface area contributed by atoms with Crippen LogP contribution in [0.15, 0.2) is 41.3 Å². The SMILES string of the molecule is O=C(NCCN1C(=O)SC(=Cc2ccc(Cl)cc2Cl)C1=O)c1ccc2n[nH]nc2c1. The fourth-order valence-electron chi connectivity index (χ4n) is 2.82. The lowest BCUT2D eigenvalue weighted by Crippen LogP contribution is -2.37. The summed E-state index contributed by atoms with van der Waals surface area (Å²) in [5, 5.41) is 13.5. The van der Waals surface area contributed by atoms with E-state index >= 15 is 0 Å². The van der Waals surface area contributed by atoms with Crippen LogP contribution in [0.2, 0.25) is 10.0 Å². The molecule has 1 aliphatic heterocycles. The average Bonchev–Trinajstić information content (AvgIpc) is 3.29. The molecule has 1 saturated heterocycles. The minimum Gasteiger partial charge on any atom is -0.350 e. The van der Waals surface area contributed by atoms with Crippen LogP contribution in [-0.4, -0.2) is 50.5 Å². The number of rotatable bonds is 5. The molecule has 2 N–H and O–H groups in total. The molecule has 0 radical (unpaired) electrons. The van der Waals surface area contributed by atoms with Crippen molar-refractivity contribution in [1.82, 2.24) is 25.6 Å². The second kappa shape index (κ2) is 8.47. The fraction of sp³-hybridized carbons (Fsp3) is 0.105. The molecule has 8 nitrogen and oxygen atoms in total. The van der Waals surface area contributed by atoms with Gasteiger partial charge in [0, 0.05) is 28.7 Å². The van der Waals surface area contributed by atoms with Gasteiger partial charge in [-0.25, -0.2) is 0 Å². The van der Waals surface area contributed by atoms with E-state index in [0.29, 0.717) is 32.2 Å². The zero-order valence-electron chi connectivity index (χ0n) is 15.2. The van der Waals surface area contributed by atoms with Gasteiger partial charge in [-0.15, -0.1) is 0 Å². The Hall–Kier alpha value is -2.88. The smallest absolute Gasteiger partial charge is 0.293 e. The van der Waals surface area contributed by atoms with Gasteiger partial charge in [-0.3, -0.25) is 19.3 Å². The number of H-pyrrole nitrogens is 1. The Morgan fingerprint density at radius 2 is 1.93 bits per heavy atom. The van der Waals surface area contributed by atoms with Gasteiger partial charge >= 0.3 is 0 Å². The highest BCUT2D eigenvalue weighted by atomic mass is 35.5. The predicted molar refractivity (Wildman–Crippen MR) is 115 cm³/mol. The van der Waals surface area contributed by atoms with Crippen LogP contribution in [0.5, 0.6) is 0 Å². The number of carbonyl (C=O) groups excluding carboxylic acids is 3. The minimum atomic E-state index is -0.436. The van der Waals surface area contributed by atoms with Crippen LogP contribution in [0.3, 0.4) is 0 Å². The molecule has 0 atom stereocenters. The Balaban J connectivity index is 1.38. The molecule has 0 bridgehead atoms. The van der Waals surface area contributed by atoms with Crippen molar-refractivity contribution in [3.05, 3.63) is 62.5 Å². The third-order valence-corrected chi connectivity index (χ3v) is 5.79. The highest BCUT2D eigenvalue weighted by Crippen LogP contribution is 2.33. The van der Waals surface area contributed by atoms with Crippen LogP contribution in [0, 0.1) is 0 Å². The summed E-state index contributed by atoms with van der Waals surface area (Å²) in [6.45, 7) is 0.164. The van der Waals surface area contributed by atoms with E-state index in [1.807, 2.05) is 0 Å². The lowest BCUT2D eigenvalue weighted by molar-refractivity contribution is -0.122. The largest absolute Gasteiger partial charge is 0.350 e. The number of aromatic nitrogens is 3. The highest BCUT2D eigenvalue weighted by molar-refractivity contribution is 8.18. The van der Waals surface area contributed by atoms with E-state index in [1.54, 1.807) is 42.5 Å². The number of halogens is 2. The first-order valence-corrected chi connectivity index (χ1v) is 10.3. The first-order valence-electron chi connectivity index (χ1n) is 8.71. The number of amides is 3. The van der Waals surface area contributed by atoms with Gasteiger partial charge in [0.2, 0.25) is 0 Å². The first kappa shape index (κ1) is 20.4. The fourth-order valence-corrected chi connectivity index (χ4v) is 4.14. The van der Waals surface area contributed by atoms with Gasteiger partial charge in [0.15, 0.2) is 0 Å². The van der Waals surface area contributed by atoms with Gasteiger partial charge in [0.25, 0.3) is 17.1 Å². The molecule has 0 saturated carbocycles. The maximum Gasteiger partial charge on any atom is 0.293 e. The van der Waals surface area contributed by atoms with E-state index < -0.39 is 11.1 Å². The number of hydrogen-bond acceptors (Lipinski definition) is 6. The molecule has 2 aromatic carbocycles. The summed E-state index contributed by atoms with van der Waals surface area (Å²) >= 11 is 12.8. The van der Waals surface area contributed by atoms with Crippen LogP contribution >= 0.6 is 35.0 Å². The number of aromatic amines is 1. The molecular weight excluding hydrogens is 449 g/mol. The van der Waals surface area contributed by atoms with Crippen molar-refractivity contribution < 1.29 is 14.4 Å². The van der Waals surface area contributed by atoms with E-state index in [-0.39, 0.29) is 23.9 Å². The average molecular weight is 462 g/mol. The Bertz CT molecular complexity index is 1210. The second-order valence-corrected chi connectivity index (χ2v) is 8.12. The summed E-state index contributed by atoms with van der Waals surface area (Å²) in [4.78, 5) is 38.5. The molecular formula is C19H13Cl2N5O3S. The van der Waals surface area contributed by atoms with E-state index in [1.165, 1.54) is 0 Å². The maximum absolute atomic E-state index is 12.6. The molecule has 0 unspecified atom stereocenters. The summed E-state index contributed by atoms with van der Waals surface area (Å²) in [7, 11) is 0. The van der Waals surface area contributed by atoms with E-state index in [9.17, 15) is 14.4 Å². The molecule has 1 aliphatic rings. The van der Waals surface area contributed by atoms with Crippen LogP contribution in [-0.2, 0) is 4.79 Å². The number of imide groups is 1. The van der Waals surface area contributed by atoms with Gasteiger partial charge < -0.3 is 5.32 Å². The monoisotopic (exact) mass is 461 g/mol. The second-order valence-electron chi connectivity index (χ2n) is 6.28. The van der Waals surface area contributed by atoms with Crippen LogP contribution < -0.4 is 5.32 Å². The summed E-state index contributed by atoms with van der Waals surface area (Å²) in [5.74, 6) is -0.773. The summed E-state index contributed by atoms with van der Waals surface area (Å²) < 4.78 is 0. The summed E-state index contributed by atoms with van der Waals surface area (Å²) in [6, 6.07) is 9.79. The number of hydrogen-bond donors (Lipinski definition) is 2. The lowest BCUT2D eigenvalue weighted by atomic mass is 10.2. The van der Waals surface area contributed by atoms with Crippen molar-refractivity contribution in [3.8, 4) is 0 Å². The number of carbonyl (C=O) groups is 3. The molecule has 0 aliphatic carbocycles. The Morgan fingerprint density at radius 3 is 2.73 bits per heavy atom. The number of fused-ring (bicyclic) bond motifs is 1. The standard InChI is InChI=1S/C19H13Cl2N5O3S/c20-12-3-1-10(13(21)9-12)8-16-18(28)26(19(29)30-16)6-5-22-17(27)11-2-4-14-15(7-11)24-25-23-14/h1-4,7-9H,5-6H2,(H,22,27)(H,23,24,25). The van der Waals surface area contributed by atoms with Gasteiger partial charge in [-0.05, 0) is 53.7 Å². The Kier molecular flexibility index (Phi) is 5.76. The van der Waals surface area contributed by atoms with E-state index in [4.69, 9.17) is 23.2 Å². The van der Waals surface area contributed by atoms with Crippen molar-refractivity contribution in [3.63, 3.8) is 0 Å². The van der Waals surface area contributed by atoms with Crippen LogP contribution in [0.4, 0.5) is 4.79 Å². The van der Waals surface area contributed by atoms with Crippen molar-refractivity contribution in [2.45, 2.75) is 0 Å². The van der Waals surface area contributed by atoms with Gasteiger partial charge in [-0.2, -0.15) is 15.4 Å². The van der Waals surface area contributed by atoms with Gasteiger partial charge in [0.05, 0.1) is 4.91 Å². The zero-order chi connectivity index (χ0) is 21.3. The van der Waals surface area contributed by atoms with Gasteiger partial charge in [0.1, 0.15) is 11.0 Å². The van der Waals surface area contributed by atoms with Crippen molar-refractivity contribution in [2.24, 2.45) is 0 Å². The Labute approximate surface area is 184 Å². The molecule has 152 valence electrons. The topological polar surface area (TPSA) is 108 Å². The third-order valence-electron chi connectivity index (χ3n) is 4.32. The Morgan fingerprint density at radius 1 is 1.13 bits per heavy atom. The normalized spacial score (nSPS) is 15.4. The summed E-state index contributed by atoms with van der Waals surface area (Å²) in [6.07, 6.45) is 1.55. The molecule has 1 fully saturated rings. The molecule has 11 heteroatoms. The molecule has 3 aromatic rings. The number of thioether (sulfide) groups is 1. The molecule has 30 heavy (non-hydrogen) atoms. The van der Waals surface area contributed by atoms with Crippen molar-refractivity contribution in [2.75, 3.05) is 13.1 Å². The molecule has 0 spiro atoms. The lowest BCUT2D eigenvalue weighted by Gasteiger charge is -2.13. The zero-order valence-corrected chi connectivity index (χ0v) is 17.5. The number of nitrogens with zero attached hydrogens (tertiary/aromatic N) is 3. The third kappa shape index (κ3) is 4.18. The molecule has 3 amide bonds. The maximum atomic E-state index is 12.6. The molecule has 4 rings (SSSR count). The number of nitrogens with one attached hydrogen (secondary N) is 2. The van der Waals surface area contributed by atoms with Crippen LogP contribution in [0.1, 0.15) is 15.9 Å². The quantitative estimate of drug-likeness (QED) is 0.560. The molecule has 1 aromatic heterocycles. The van der Waals surface area contributed by atoms with Crippen LogP contribution in [0.25, 0.3) is 17.1 Å². The highest BCUT2D eigenvalue weighted by Gasteiger charge is 2.34. The van der Waals surface area contributed by atoms with Gasteiger partial charge in [-0.1, -0.05) is 29.3 Å². The molecule has 2 heterocycles. The van der Waals surface area contributed by atoms with Crippen molar-refractivity contribution in [1.29, 1.82) is 0 Å². The van der Waals surface area contributed by atoms with E-state index in [0.717, 1.165) is 16.7 Å². The minimum absolute atomic E-state index is 0.0499. The van der Waals surface area contributed by atoms with E-state index in [2.05, 4.69) is 20.7 Å². The summed E-state index contributed by atoms with van der Waals surface area (Å²) in [5.41, 5.74) is 2.21. The number of benzene rings is 2. The first-order chi connectivity index (χ1) is 14.4.